The lowest BCUT2D eigenvalue weighted by molar-refractivity contribution is 0.0779. The topological polar surface area (TPSA) is 72.3 Å². The predicted molar refractivity (Wildman–Crippen MR) is 116 cm³/mol. The largest absolute Gasteiger partial charge is 0.388 e. The van der Waals surface area contributed by atoms with Gasteiger partial charge in [-0.25, -0.2) is 0 Å². The Balaban J connectivity index is 0.00000300. The first-order chi connectivity index (χ1) is 13.6. The third-order valence-corrected chi connectivity index (χ3v) is 4.57. The van der Waals surface area contributed by atoms with E-state index < -0.39 is 0 Å². The van der Waals surface area contributed by atoms with Crippen LogP contribution in [-0.4, -0.2) is 53.4 Å². The van der Waals surface area contributed by atoms with Crippen LogP contribution < -0.4 is 5.32 Å². The molecule has 1 heterocycles. The summed E-state index contributed by atoms with van der Waals surface area (Å²) < 4.78 is 7.00. The van der Waals surface area contributed by atoms with Gasteiger partial charge in [0.25, 0.3) is 5.91 Å². The highest BCUT2D eigenvalue weighted by molar-refractivity contribution is 5.95. The van der Waals surface area contributed by atoms with E-state index in [0.717, 1.165) is 22.6 Å². The second-order valence-electron chi connectivity index (χ2n) is 6.50. The highest BCUT2D eigenvalue weighted by atomic mass is 35.5. The van der Waals surface area contributed by atoms with Crippen molar-refractivity contribution in [2.24, 2.45) is 0 Å². The van der Waals surface area contributed by atoms with Crippen LogP contribution in [0.4, 0.5) is 5.69 Å². The molecule has 0 spiro atoms. The van der Waals surface area contributed by atoms with Gasteiger partial charge in [-0.05, 0) is 35.4 Å². The van der Waals surface area contributed by atoms with Crippen LogP contribution in [0.15, 0.2) is 54.9 Å². The van der Waals surface area contributed by atoms with Crippen LogP contribution in [0.2, 0.25) is 0 Å². The molecule has 8 heteroatoms. The Morgan fingerprint density at radius 3 is 2.62 bits per heavy atom. The summed E-state index contributed by atoms with van der Waals surface area (Å²) in [4.78, 5) is 14.6. The van der Waals surface area contributed by atoms with Gasteiger partial charge in [-0.2, -0.15) is 0 Å². The van der Waals surface area contributed by atoms with Crippen molar-refractivity contribution in [3.05, 3.63) is 66.2 Å². The quantitative estimate of drug-likeness (QED) is 0.611. The Morgan fingerprint density at radius 1 is 1.17 bits per heavy atom. The number of hydrogen-bond donors (Lipinski definition) is 1. The summed E-state index contributed by atoms with van der Waals surface area (Å²) >= 11 is 0. The fourth-order valence-electron chi connectivity index (χ4n) is 2.94. The number of halogens is 1. The maximum Gasteiger partial charge on any atom is 0.254 e. The third-order valence-electron chi connectivity index (χ3n) is 4.57. The molecule has 0 fully saturated rings. The smallest absolute Gasteiger partial charge is 0.254 e. The Hall–Kier alpha value is -2.90. The SMILES string of the molecule is CNc1ccc(-c2cccc(C(=O)N(C)Cc3nncn3CCOC)c2)cc1.Cl. The number of anilines is 1. The van der Waals surface area contributed by atoms with E-state index in [1.54, 1.807) is 25.4 Å². The summed E-state index contributed by atoms with van der Waals surface area (Å²) in [6.07, 6.45) is 1.65. The summed E-state index contributed by atoms with van der Waals surface area (Å²) in [5.74, 6) is 0.668. The maximum atomic E-state index is 12.9. The molecule has 3 rings (SSSR count). The van der Waals surface area contributed by atoms with Gasteiger partial charge < -0.3 is 19.5 Å². The number of carbonyl (C=O) groups is 1. The van der Waals surface area contributed by atoms with Crippen molar-refractivity contribution in [2.45, 2.75) is 13.1 Å². The van der Waals surface area contributed by atoms with E-state index in [2.05, 4.69) is 15.5 Å². The molecule has 154 valence electrons. The van der Waals surface area contributed by atoms with Crippen molar-refractivity contribution in [3.8, 4) is 11.1 Å². The van der Waals surface area contributed by atoms with Crippen LogP contribution in [0.25, 0.3) is 11.1 Å². The van der Waals surface area contributed by atoms with E-state index in [1.807, 2.05) is 60.1 Å². The minimum atomic E-state index is -0.0602. The first-order valence-electron chi connectivity index (χ1n) is 9.11. The number of hydrogen-bond acceptors (Lipinski definition) is 5. The zero-order valence-corrected chi connectivity index (χ0v) is 17.6. The number of nitrogens with one attached hydrogen (secondary N) is 1. The standard InChI is InChI=1S/C21H25N5O2.ClH/c1-22-19-9-7-16(8-10-19)17-5-4-6-18(13-17)21(27)25(2)14-20-24-23-15-26(20)11-12-28-3;/h4-10,13,15,22H,11-12,14H2,1-3H3;1H. The van der Waals surface area contributed by atoms with E-state index in [0.29, 0.717) is 25.3 Å². The highest BCUT2D eigenvalue weighted by Gasteiger charge is 2.15. The monoisotopic (exact) mass is 415 g/mol. The van der Waals surface area contributed by atoms with Gasteiger partial charge in [0, 0.05) is 39.0 Å². The Labute approximate surface area is 177 Å². The van der Waals surface area contributed by atoms with Gasteiger partial charge in [0.1, 0.15) is 6.33 Å². The van der Waals surface area contributed by atoms with Gasteiger partial charge in [-0.15, -0.1) is 22.6 Å². The summed E-state index contributed by atoms with van der Waals surface area (Å²) in [7, 11) is 5.31. The zero-order chi connectivity index (χ0) is 19.9. The minimum absolute atomic E-state index is 0. The van der Waals surface area contributed by atoms with Crippen molar-refractivity contribution in [1.82, 2.24) is 19.7 Å². The van der Waals surface area contributed by atoms with Crippen LogP contribution in [-0.2, 0) is 17.8 Å². The summed E-state index contributed by atoms with van der Waals surface area (Å²) in [6.45, 7) is 1.60. The fraction of sp³-hybridized carbons (Fsp3) is 0.286. The molecule has 1 aromatic heterocycles. The molecule has 0 aliphatic heterocycles. The van der Waals surface area contributed by atoms with Crippen molar-refractivity contribution in [3.63, 3.8) is 0 Å². The van der Waals surface area contributed by atoms with Crippen LogP contribution in [0.1, 0.15) is 16.2 Å². The Morgan fingerprint density at radius 2 is 1.93 bits per heavy atom. The normalized spacial score (nSPS) is 10.3. The van der Waals surface area contributed by atoms with Crippen LogP contribution in [0, 0.1) is 0 Å². The second kappa shape index (κ2) is 10.6. The molecule has 0 saturated heterocycles. The van der Waals surface area contributed by atoms with Gasteiger partial charge in [0.05, 0.1) is 13.2 Å². The van der Waals surface area contributed by atoms with Crippen molar-refractivity contribution in [1.29, 1.82) is 0 Å². The van der Waals surface area contributed by atoms with E-state index in [9.17, 15) is 4.79 Å². The number of aromatic nitrogens is 3. The highest BCUT2D eigenvalue weighted by Crippen LogP contribution is 2.23. The number of ether oxygens (including phenoxy) is 1. The lowest BCUT2D eigenvalue weighted by atomic mass is 10.0. The first kappa shape index (κ1) is 22.4. The summed E-state index contributed by atoms with van der Waals surface area (Å²) in [5.41, 5.74) is 3.76. The third kappa shape index (κ3) is 5.56. The lowest BCUT2D eigenvalue weighted by Gasteiger charge is -2.18. The zero-order valence-electron chi connectivity index (χ0n) is 16.8. The molecule has 7 nitrogen and oxygen atoms in total. The van der Waals surface area contributed by atoms with E-state index >= 15 is 0 Å². The van der Waals surface area contributed by atoms with Gasteiger partial charge in [-0.1, -0.05) is 24.3 Å². The lowest BCUT2D eigenvalue weighted by Crippen LogP contribution is -2.28. The molecule has 0 radical (unpaired) electrons. The van der Waals surface area contributed by atoms with Crippen molar-refractivity contribution >= 4 is 24.0 Å². The number of benzene rings is 2. The average Bonchev–Trinajstić information content (AvgIpc) is 3.18. The molecular formula is C21H26ClN5O2. The van der Waals surface area contributed by atoms with Gasteiger partial charge in [0.2, 0.25) is 0 Å². The molecule has 2 aromatic carbocycles. The van der Waals surface area contributed by atoms with E-state index in [1.165, 1.54) is 0 Å². The predicted octanol–water partition coefficient (Wildman–Crippen LogP) is 3.33. The molecule has 0 bridgehead atoms. The van der Waals surface area contributed by atoms with E-state index in [4.69, 9.17) is 4.74 Å². The van der Waals surface area contributed by atoms with Gasteiger partial charge >= 0.3 is 0 Å². The Bertz CT molecular complexity index is 927. The van der Waals surface area contributed by atoms with Crippen molar-refractivity contribution in [2.75, 3.05) is 33.1 Å². The van der Waals surface area contributed by atoms with Gasteiger partial charge in [-0.3, -0.25) is 4.79 Å². The number of amides is 1. The minimum Gasteiger partial charge on any atom is -0.388 e. The summed E-state index contributed by atoms with van der Waals surface area (Å²) in [6, 6.07) is 15.8. The molecule has 1 N–H and O–H groups in total. The van der Waals surface area contributed by atoms with Crippen molar-refractivity contribution < 1.29 is 9.53 Å². The van der Waals surface area contributed by atoms with Crippen LogP contribution in [0.3, 0.4) is 0 Å². The average molecular weight is 416 g/mol. The maximum absolute atomic E-state index is 12.9. The summed E-state index contributed by atoms with van der Waals surface area (Å²) in [5, 5.41) is 11.2. The Kier molecular flexibility index (Phi) is 8.18. The molecule has 1 amide bonds. The molecule has 0 atom stereocenters. The number of rotatable bonds is 8. The first-order valence-corrected chi connectivity index (χ1v) is 9.11. The molecule has 0 aliphatic rings. The molecule has 3 aromatic rings. The second-order valence-corrected chi connectivity index (χ2v) is 6.50. The molecule has 0 unspecified atom stereocenters. The number of nitrogens with zero attached hydrogens (tertiary/aromatic N) is 4. The van der Waals surface area contributed by atoms with E-state index in [-0.39, 0.29) is 18.3 Å². The van der Waals surface area contributed by atoms with Crippen LogP contribution in [0.5, 0.6) is 0 Å². The number of carbonyl (C=O) groups excluding carboxylic acids is 1. The molecule has 0 aliphatic carbocycles. The molecule has 0 saturated carbocycles. The molecular weight excluding hydrogens is 390 g/mol. The fourth-order valence-corrected chi connectivity index (χ4v) is 2.94. The molecule has 29 heavy (non-hydrogen) atoms. The van der Waals surface area contributed by atoms with Gasteiger partial charge in [0.15, 0.2) is 5.82 Å². The number of methoxy groups -OCH3 is 1. The van der Waals surface area contributed by atoms with Crippen LogP contribution >= 0.6 is 12.4 Å².